The van der Waals surface area contributed by atoms with E-state index < -0.39 is 5.97 Å². The van der Waals surface area contributed by atoms with E-state index in [1.54, 1.807) is 0 Å². The van der Waals surface area contributed by atoms with Gasteiger partial charge in [0.05, 0.1) is 18.2 Å². The first-order chi connectivity index (χ1) is 17.5. The van der Waals surface area contributed by atoms with Crippen molar-refractivity contribution in [2.45, 2.75) is 43.6 Å². The van der Waals surface area contributed by atoms with E-state index in [0.717, 1.165) is 48.1 Å². The fourth-order valence-corrected chi connectivity index (χ4v) is 7.05. The molecule has 4 rings (SSSR count). The van der Waals surface area contributed by atoms with Crippen LogP contribution in [0.5, 0.6) is 0 Å². The molecule has 0 saturated carbocycles. The monoisotopic (exact) mass is 537 g/mol. The smallest absolute Gasteiger partial charge is 0.341 e. The molecule has 0 fully saturated rings. The number of anilines is 2. The molecule has 1 aliphatic carbocycles. The van der Waals surface area contributed by atoms with Crippen LogP contribution in [0, 0.1) is 22.7 Å². The van der Waals surface area contributed by atoms with Crippen molar-refractivity contribution < 1.29 is 14.3 Å². The van der Waals surface area contributed by atoms with Gasteiger partial charge in [-0.3, -0.25) is 4.79 Å². The van der Waals surface area contributed by atoms with Crippen molar-refractivity contribution in [3.8, 4) is 23.3 Å². The number of carbonyl (C=O) groups excluding carboxylic acids is 2. The number of ether oxygens (including phenoxy) is 1. The highest BCUT2D eigenvalue weighted by Crippen LogP contribution is 2.39. The second-order valence-electron chi connectivity index (χ2n) is 8.07. The molecular formula is C25H23N5O3S3. The number of hydrogen-bond acceptors (Lipinski definition) is 10. The minimum absolute atomic E-state index is 0.0486. The summed E-state index contributed by atoms with van der Waals surface area (Å²) in [4.78, 5) is 30.7. The van der Waals surface area contributed by atoms with Gasteiger partial charge in [-0.05, 0) is 53.6 Å². The minimum Gasteiger partial charge on any atom is -0.465 e. The van der Waals surface area contributed by atoms with E-state index in [1.807, 2.05) is 16.8 Å². The van der Waals surface area contributed by atoms with E-state index >= 15 is 0 Å². The number of fused-ring (bicyclic) bond motifs is 1. The summed E-state index contributed by atoms with van der Waals surface area (Å²) in [5, 5.41) is 26.9. The van der Waals surface area contributed by atoms with Gasteiger partial charge in [0, 0.05) is 22.6 Å². The molecule has 0 aliphatic heterocycles. The second-order valence-corrected chi connectivity index (χ2v) is 11.0. The van der Waals surface area contributed by atoms with Crippen LogP contribution in [-0.4, -0.2) is 29.7 Å². The molecule has 11 heteroatoms. The molecule has 3 N–H and O–H groups in total. The van der Waals surface area contributed by atoms with Gasteiger partial charge in [-0.15, -0.1) is 23.1 Å². The summed E-state index contributed by atoms with van der Waals surface area (Å²) < 4.78 is 5.00. The first-order valence-corrected chi connectivity index (χ1v) is 14.0. The van der Waals surface area contributed by atoms with E-state index in [1.165, 1.54) is 41.5 Å². The Kier molecular flexibility index (Phi) is 8.26. The lowest BCUT2D eigenvalue weighted by Gasteiger charge is -2.12. The Hall–Kier alpha value is -3.38. The third-order valence-electron chi connectivity index (χ3n) is 5.86. The number of thiophene rings is 2. The number of aryl methyl sites for hydroxylation is 1. The summed E-state index contributed by atoms with van der Waals surface area (Å²) in [5.74, 6) is -0.300. The molecule has 1 amide bonds. The number of methoxy groups -OCH3 is 1. The second kappa shape index (κ2) is 11.6. The number of carbonyl (C=O) groups is 2. The van der Waals surface area contributed by atoms with Crippen molar-refractivity contribution >= 4 is 57.1 Å². The van der Waals surface area contributed by atoms with E-state index in [0.29, 0.717) is 26.9 Å². The van der Waals surface area contributed by atoms with Crippen LogP contribution in [0.15, 0.2) is 21.9 Å². The SMILES string of the molecule is COC(=O)c1c(NC(=O)CCSc2nc(N)c(C#N)c(-c3ccsc3)c2C#N)sc2c1CCCCC2. The molecule has 0 bridgehead atoms. The van der Waals surface area contributed by atoms with Crippen LogP contribution in [0.1, 0.15) is 57.6 Å². The Morgan fingerprint density at radius 1 is 1.22 bits per heavy atom. The molecule has 0 unspecified atom stereocenters. The molecule has 0 aromatic carbocycles. The number of amides is 1. The van der Waals surface area contributed by atoms with E-state index in [9.17, 15) is 20.1 Å². The van der Waals surface area contributed by atoms with Crippen LogP contribution in [-0.2, 0) is 22.4 Å². The third-order valence-corrected chi connectivity index (χ3v) is 8.72. The Labute approximate surface area is 221 Å². The van der Waals surface area contributed by atoms with Gasteiger partial charge in [0.25, 0.3) is 0 Å². The Balaban J connectivity index is 1.51. The fourth-order valence-electron chi connectivity index (χ4n) is 4.18. The van der Waals surface area contributed by atoms with Gasteiger partial charge in [0.1, 0.15) is 33.5 Å². The zero-order valence-electron chi connectivity index (χ0n) is 19.6. The lowest BCUT2D eigenvalue weighted by atomic mass is 9.99. The molecule has 0 saturated heterocycles. The lowest BCUT2D eigenvalue weighted by molar-refractivity contribution is -0.115. The highest BCUT2D eigenvalue weighted by atomic mass is 32.2. The number of thioether (sulfide) groups is 1. The predicted octanol–water partition coefficient (Wildman–Crippen LogP) is 5.37. The van der Waals surface area contributed by atoms with Crippen molar-refractivity contribution in [3.05, 3.63) is 44.0 Å². The molecule has 0 radical (unpaired) electrons. The number of hydrogen-bond donors (Lipinski definition) is 2. The summed E-state index contributed by atoms with van der Waals surface area (Å²) in [5.41, 5.74) is 9.12. The first kappa shape index (κ1) is 25.7. The first-order valence-electron chi connectivity index (χ1n) is 11.3. The van der Waals surface area contributed by atoms with Crippen LogP contribution >= 0.6 is 34.4 Å². The van der Waals surface area contributed by atoms with Gasteiger partial charge < -0.3 is 15.8 Å². The third kappa shape index (κ3) is 5.24. The predicted molar refractivity (Wildman–Crippen MR) is 142 cm³/mol. The summed E-state index contributed by atoms with van der Waals surface area (Å²) in [6.07, 6.45) is 5.02. The van der Waals surface area contributed by atoms with E-state index in [2.05, 4.69) is 22.4 Å². The number of nitrogen functional groups attached to an aromatic ring is 1. The largest absolute Gasteiger partial charge is 0.465 e. The van der Waals surface area contributed by atoms with Gasteiger partial charge in [-0.25, -0.2) is 9.78 Å². The normalized spacial score (nSPS) is 12.6. The number of esters is 1. The van der Waals surface area contributed by atoms with E-state index in [-0.39, 0.29) is 29.3 Å². The van der Waals surface area contributed by atoms with Crippen LogP contribution in [0.2, 0.25) is 0 Å². The van der Waals surface area contributed by atoms with Crippen LogP contribution < -0.4 is 11.1 Å². The van der Waals surface area contributed by atoms with Crippen molar-refractivity contribution in [2.24, 2.45) is 0 Å². The highest BCUT2D eigenvalue weighted by molar-refractivity contribution is 7.99. The molecule has 184 valence electrons. The van der Waals surface area contributed by atoms with Crippen LogP contribution in [0.3, 0.4) is 0 Å². The molecule has 36 heavy (non-hydrogen) atoms. The molecule has 0 atom stereocenters. The van der Waals surface area contributed by atoms with Gasteiger partial charge in [-0.1, -0.05) is 6.42 Å². The van der Waals surface area contributed by atoms with Crippen LogP contribution in [0.4, 0.5) is 10.8 Å². The minimum atomic E-state index is -0.434. The summed E-state index contributed by atoms with van der Waals surface area (Å²) in [7, 11) is 1.35. The summed E-state index contributed by atoms with van der Waals surface area (Å²) >= 11 is 4.13. The summed E-state index contributed by atoms with van der Waals surface area (Å²) in [6, 6.07) is 6.04. The van der Waals surface area contributed by atoms with Gasteiger partial charge >= 0.3 is 5.97 Å². The molecule has 3 heterocycles. The standard InChI is InChI=1S/C25H23N5O3S3/c1-33-25(32)21-15-5-3-2-4-6-18(15)36-24(21)29-19(31)8-10-35-23-17(12-27)20(14-7-9-34-13-14)16(11-26)22(28)30-23/h7,9,13H,2-6,8,10H2,1H3,(H2,28,30)(H,29,31). The van der Waals surface area contributed by atoms with Gasteiger partial charge in [-0.2, -0.15) is 21.9 Å². The maximum Gasteiger partial charge on any atom is 0.341 e. The number of aromatic nitrogens is 1. The van der Waals surface area contributed by atoms with Crippen molar-refractivity contribution in [1.82, 2.24) is 4.98 Å². The van der Waals surface area contributed by atoms with Gasteiger partial charge in [0.15, 0.2) is 0 Å². The molecule has 3 aromatic rings. The molecule has 1 aliphatic rings. The Morgan fingerprint density at radius 3 is 2.69 bits per heavy atom. The maximum atomic E-state index is 12.8. The number of nitrogens with zero attached hydrogens (tertiary/aromatic N) is 3. The number of nitrogens with one attached hydrogen (secondary N) is 1. The summed E-state index contributed by atoms with van der Waals surface area (Å²) in [6.45, 7) is 0. The Morgan fingerprint density at radius 2 is 2.00 bits per heavy atom. The van der Waals surface area contributed by atoms with E-state index in [4.69, 9.17) is 10.5 Å². The van der Waals surface area contributed by atoms with Crippen LogP contribution in [0.25, 0.3) is 11.1 Å². The molecule has 3 aromatic heterocycles. The quantitative estimate of drug-likeness (QED) is 0.233. The van der Waals surface area contributed by atoms with Crippen molar-refractivity contribution in [3.63, 3.8) is 0 Å². The molecule has 0 spiro atoms. The zero-order chi connectivity index (χ0) is 25.7. The lowest BCUT2D eigenvalue weighted by Crippen LogP contribution is -2.15. The average molecular weight is 538 g/mol. The maximum absolute atomic E-state index is 12.8. The fraction of sp³-hybridized carbons (Fsp3) is 0.320. The Bertz CT molecular complexity index is 1380. The average Bonchev–Trinajstić information content (AvgIpc) is 3.45. The number of nitriles is 2. The molecule has 8 nitrogen and oxygen atoms in total. The van der Waals surface area contributed by atoms with Crippen molar-refractivity contribution in [1.29, 1.82) is 10.5 Å². The molecular weight excluding hydrogens is 515 g/mol. The highest BCUT2D eigenvalue weighted by Gasteiger charge is 2.26. The van der Waals surface area contributed by atoms with Gasteiger partial charge in [0.2, 0.25) is 5.91 Å². The zero-order valence-corrected chi connectivity index (χ0v) is 22.0. The number of nitrogens with two attached hydrogens (primary N) is 1. The topological polar surface area (TPSA) is 142 Å². The van der Waals surface area contributed by atoms with Crippen molar-refractivity contribution in [2.75, 3.05) is 23.9 Å². The number of pyridine rings is 1. The number of rotatable bonds is 7.